The van der Waals surface area contributed by atoms with Gasteiger partial charge in [-0.25, -0.2) is 26.7 Å². The Bertz CT molecular complexity index is 755. The SMILES string of the molecule is CCCC[C@H]1CC[C@H](C2(F)C(F)[CH]C(F)(C(=O)Oc3ccc(S)cc3)C(F)C2F)CC1. The van der Waals surface area contributed by atoms with Gasteiger partial charge in [-0.2, -0.15) is 0 Å². The minimum absolute atomic E-state index is 0.00618. The largest absolute Gasteiger partial charge is 0.424 e. The molecule has 2 aliphatic carbocycles. The topological polar surface area (TPSA) is 26.3 Å². The highest BCUT2D eigenvalue weighted by molar-refractivity contribution is 7.80. The van der Waals surface area contributed by atoms with Crippen molar-refractivity contribution >= 4 is 18.6 Å². The molecule has 2 nitrogen and oxygen atoms in total. The Morgan fingerprint density at radius 1 is 1.06 bits per heavy atom. The first-order valence-corrected chi connectivity index (χ1v) is 11.2. The zero-order valence-electron chi connectivity index (χ0n) is 17.4. The predicted octanol–water partition coefficient (Wildman–Crippen LogP) is 6.53. The van der Waals surface area contributed by atoms with Crippen LogP contribution in [0.1, 0.15) is 51.9 Å². The van der Waals surface area contributed by atoms with Gasteiger partial charge in [0.1, 0.15) is 11.9 Å². The van der Waals surface area contributed by atoms with Crippen molar-refractivity contribution < 1.29 is 31.5 Å². The summed E-state index contributed by atoms with van der Waals surface area (Å²) < 4.78 is 80.2. The van der Waals surface area contributed by atoms with Gasteiger partial charge in [-0.15, -0.1) is 12.6 Å². The molecule has 2 saturated carbocycles. The van der Waals surface area contributed by atoms with Crippen LogP contribution in [0.15, 0.2) is 29.2 Å². The molecule has 0 amide bonds. The number of ether oxygens (including phenoxy) is 1. The quantitative estimate of drug-likeness (QED) is 0.225. The van der Waals surface area contributed by atoms with Gasteiger partial charge in [0.25, 0.3) is 0 Å². The fraction of sp³-hybridized carbons (Fsp3) is 0.652. The lowest BCUT2D eigenvalue weighted by molar-refractivity contribution is -0.177. The van der Waals surface area contributed by atoms with E-state index in [4.69, 9.17) is 4.74 Å². The number of carbonyl (C=O) groups is 1. The number of thiol groups is 1. The van der Waals surface area contributed by atoms with Gasteiger partial charge in [-0.1, -0.05) is 39.0 Å². The summed E-state index contributed by atoms with van der Waals surface area (Å²) in [6.07, 6.45) is -4.50. The Hall–Kier alpha value is -1.31. The smallest absolute Gasteiger partial charge is 0.352 e. The molecule has 1 aromatic carbocycles. The Labute approximate surface area is 185 Å². The van der Waals surface area contributed by atoms with Crippen LogP contribution >= 0.6 is 12.6 Å². The summed E-state index contributed by atoms with van der Waals surface area (Å²) in [6, 6.07) is 5.42. The predicted molar refractivity (Wildman–Crippen MR) is 111 cm³/mol. The molecule has 0 aliphatic heterocycles. The third-order valence-electron chi connectivity index (χ3n) is 6.69. The molecule has 31 heavy (non-hydrogen) atoms. The van der Waals surface area contributed by atoms with Gasteiger partial charge in [0.15, 0.2) is 18.0 Å². The molecule has 2 aliphatic rings. The average Bonchev–Trinajstić information content (AvgIpc) is 2.76. The molecule has 0 heterocycles. The summed E-state index contributed by atoms with van der Waals surface area (Å²) in [5, 5.41) is 0. The Morgan fingerprint density at radius 2 is 1.68 bits per heavy atom. The molecule has 0 spiro atoms. The summed E-state index contributed by atoms with van der Waals surface area (Å²) in [4.78, 5) is 12.8. The summed E-state index contributed by atoms with van der Waals surface area (Å²) in [6.45, 7) is 2.06. The van der Waals surface area contributed by atoms with Crippen LogP contribution in [0.2, 0.25) is 0 Å². The Morgan fingerprint density at radius 3 is 2.26 bits per heavy atom. The number of halogens is 5. The second-order valence-corrected chi connectivity index (χ2v) is 9.23. The van der Waals surface area contributed by atoms with Crippen molar-refractivity contribution in [3.05, 3.63) is 30.7 Å². The fourth-order valence-electron chi connectivity index (χ4n) is 4.74. The van der Waals surface area contributed by atoms with Crippen LogP contribution < -0.4 is 4.74 Å². The van der Waals surface area contributed by atoms with Crippen molar-refractivity contribution in [1.29, 1.82) is 0 Å². The lowest BCUT2D eigenvalue weighted by Gasteiger charge is -2.48. The second-order valence-electron chi connectivity index (χ2n) is 8.71. The van der Waals surface area contributed by atoms with Crippen LogP contribution in [0.5, 0.6) is 5.75 Å². The van der Waals surface area contributed by atoms with Crippen molar-refractivity contribution in [3.63, 3.8) is 0 Å². The first-order valence-electron chi connectivity index (χ1n) is 10.8. The highest BCUT2D eigenvalue weighted by Gasteiger charge is 2.70. The standard InChI is InChI=1S/C23H28F5O2S/c1-2-3-4-14-5-7-15(8-6-14)23(28)18(24)13-22(27,19(25)20(23)26)21(29)30-16-9-11-17(31)12-10-16/h9-15,18-20,31H,2-8H2,1H3/t14-,15-,18?,19?,20?,22?,23?. The van der Waals surface area contributed by atoms with E-state index in [-0.39, 0.29) is 25.0 Å². The normalized spacial score (nSPS) is 38.6. The monoisotopic (exact) mass is 463 g/mol. The van der Waals surface area contributed by atoms with Crippen molar-refractivity contribution in [3.8, 4) is 5.75 Å². The lowest BCUT2D eigenvalue weighted by atomic mass is 9.64. The molecule has 8 heteroatoms. The van der Waals surface area contributed by atoms with Crippen LogP contribution in [0, 0.1) is 18.3 Å². The minimum atomic E-state index is -3.73. The Kier molecular flexibility index (Phi) is 7.59. The minimum Gasteiger partial charge on any atom is -0.424 e. The van der Waals surface area contributed by atoms with E-state index >= 15 is 8.78 Å². The summed E-state index contributed by atoms with van der Waals surface area (Å²) in [7, 11) is 0. The molecule has 0 N–H and O–H groups in total. The van der Waals surface area contributed by atoms with E-state index in [1.54, 1.807) is 0 Å². The molecule has 5 atom stereocenters. The zero-order valence-corrected chi connectivity index (χ0v) is 18.3. The number of carbonyl (C=O) groups excluding carboxylic acids is 1. The van der Waals surface area contributed by atoms with Crippen LogP contribution in [-0.2, 0) is 4.79 Å². The number of hydrogen-bond acceptors (Lipinski definition) is 3. The number of esters is 1. The second kappa shape index (κ2) is 9.67. The molecule has 2 fully saturated rings. The summed E-state index contributed by atoms with van der Waals surface area (Å²) >= 11 is 4.05. The molecular weight excluding hydrogens is 435 g/mol. The molecule has 1 radical (unpaired) electrons. The van der Waals surface area contributed by atoms with E-state index in [1.165, 1.54) is 24.3 Å². The first-order chi connectivity index (χ1) is 14.6. The highest BCUT2D eigenvalue weighted by Crippen LogP contribution is 2.52. The maximum atomic E-state index is 15.6. The number of benzene rings is 1. The molecule has 3 rings (SSSR count). The van der Waals surface area contributed by atoms with E-state index in [0.29, 0.717) is 23.7 Å². The van der Waals surface area contributed by atoms with E-state index < -0.39 is 41.7 Å². The van der Waals surface area contributed by atoms with E-state index in [1.807, 2.05) is 0 Å². The molecule has 1 aromatic rings. The average molecular weight is 464 g/mol. The third kappa shape index (κ3) is 4.74. The van der Waals surface area contributed by atoms with E-state index in [2.05, 4.69) is 19.6 Å². The summed E-state index contributed by atoms with van der Waals surface area (Å²) in [5.74, 6) is -2.69. The van der Waals surface area contributed by atoms with Crippen LogP contribution in [0.3, 0.4) is 0 Å². The van der Waals surface area contributed by atoms with Crippen molar-refractivity contribution in [1.82, 2.24) is 0 Å². The van der Waals surface area contributed by atoms with Crippen LogP contribution in [0.4, 0.5) is 22.0 Å². The van der Waals surface area contributed by atoms with E-state index in [9.17, 15) is 18.0 Å². The van der Waals surface area contributed by atoms with Gasteiger partial charge in [0, 0.05) is 4.90 Å². The van der Waals surface area contributed by atoms with Gasteiger partial charge >= 0.3 is 5.97 Å². The molecule has 5 unspecified atom stereocenters. The molecule has 0 saturated heterocycles. The van der Waals surface area contributed by atoms with Gasteiger partial charge in [0.05, 0.1) is 6.42 Å². The van der Waals surface area contributed by atoms with Gasteiger partial charge < -0.3 is 4.74 Å². The molecule has 0 aromatic heterocycles. The third-order valence-corrected chi connectivity index (χ3v) is 6.99. The van der Waals surface area contributed by atoms with Crippen LogP contribution in [0.25, 0.3) is 0 Å². The fourth-order valence-corrected chi connectivity index (χ4v) is 4.89. The van der Waals surface area contributed by atoms with E-state index in [0.717, 1.165) is 19.3 Å². The maximum Gasteiger partial charge on any atom is 0.352 e. The molecule has 173 valence electrons. The summed E-state index contributed by atoms with van der Waals surface area (Å²) in [5.41, 5.74) is -6.94. The number of alkyl halides is 5. The number of rotatable bonds is 6. The van der Waals surface area contributed by atoms with Crippen molar-refractivity contribution in [2.24, 2.45) is 11.8 Å². The Balaban J connectivity index is 1.71. The first kappa shape index (κ1) is 24.3. The highest BCUT2D eigenvalue weighted by atomic mass is 32.1. The number of unbranched alkanes of at least 4 members (excludes halogenated alkanes) is 1. The van der Waals surface area contributed by atoms with Gasteiger partial charge in [0.2, 0.25) is 5.67 Å². The number of hydrogen-bond donors (Lipinski definition) is 1. The zero-order chi connectivity index (χ0) is 22.8. The molecule has 0 bridgehead atoms. The van der Waals surface area contributed by atoms with Crippen molar-refractivity contribution in [2.45, 2.75) is 86.6 Å². The van der Waals surface area contributed by atoms with Crippen molar-refractivity contribution in [2.75, 3.05) is 0 Å². The maximum absolute atomic E-state index is 15.6. The van der Waals surface area contributed by atoms with Gasteiger partial charge in [-0.05, 0) is 48.9 Å². The molecular formula is C23H28F5O2S. The van der Waals surface area contributed by atoms with Crippen LogP contribution in [-0.4, -0.2) is 35.8 Å². The van der Waals surface area contributed by atoms with Gasteiger partial charge in [-0.3, -0.25) is 0 Å². The lowest BCUT2D eigenvalue weighted by Crippen LogP contribution is -2.68.